The van der Waals surface area contributed by atoms with Gasteiger partial charge < -0.3 is 14.4 Å². The Bertz CT molecular complexity index is 1280. The minimum Gasteiger partial charge on any atom is -0.356 e. The maximum Gasteiger partial charge on any atom is 0.227 e. The number of hydrogen-bond acceptors (Lipinski definition) is 4. The van der Waals surface area contributed by atoms with Crippen molar-refractivity contribution < 1.29 is 18.1 Å². The molecule has 5 rings (SSSR count). The van der Waals surface area contributed by atoms with Crippen LogP contribution in [0.5, 0.6) is 0 Å². The third kappa shape index (κ3) is 3.45. The largest absolute Gasteiger partial charge is 0.356 e. The first kappa shape index (κ1) is 19.7. The highest BCUT2D eigenvalue weighted by molar-refractivity contribution is 5.94. The molecule has 4 atom stereocenters. The van der Waals surface area contributed by atoms with Gasteiger partial charge in [-0.1, -0.05) is 19.0 Å². The maximum atomic E-state index is 13.8. The molecule has 0 spiro atoms. The molecule has 160 valence electrons. The lowest BCUT2D eigenvalue weighted by atomic mass is 9.85. The summed E-state index contributed by atoms with van der Waals surface area (Å²) in [5, 5.41) is 7.61. The zero-order chi connectivity index (χ0) is 21.7. The van der Waals surface area contributed by atoms with E-state index in [1.807, 2.05) is 23.6 Å². The van der Waals surface area contributed by atoms with E-state index in [0.29, 0.717) is 28.2 Å². The molecule has 1 saturated carbocycles. The summed E-state index contributed by atoms with van der Waals surface area (Å²) in [5.74, 6) is -1.60. The average Bonchev–Trinajstić information content (AvgIpc) is 3.46. The van der Waals surface area contributed by atoms with Gasteiger partial charge in [-0.15, -0.1) is 0 Å². The molecule has 1 fully saturated rings. The van der Waals surface area contributed by atoms with E-state index in [2.05, 4.69) is 22.4 Å². The van der Waals surface area contributed by atoms with E-state index in [1.165, 1.54) is 6.07 Å². The predicted octanol–water partition coefficient (Wildman–Crippen LogP) is 5.32. The van der Waals surface area contributed by atoms with Gasteiger partial charge in [0.15, 0.2) is 17.2 Å². The van der Waals surface area contributed by atoms with Crippen LogP contribution in [0.4, 0.5) is 14.5 Å². The van der Waals surface area contributed by atoms with Crippen LogP contribution in [-0.4, -0.2) is 20.6 Å². The van der Waals surface area contributed by atoms with Crippen LogP contribution in [0, 0.1) is 29.4 Å². The molecule has 0 bridgehead atoms. The molecule has 0 saturated heterocycles. The second-order valence-electron chi connectivity index (χ2n) is 8.53. The Morgan fingerprint density at radius 3 is 2.87 bits per heavy atom. The van der Waals surface area contributed by atoms with E-state index in [1.54, 1.807) is 18.6 Å². The third-order valence-electron chi connectivity index (χ3n) is 6.61. The van der Waals surface area contributed by atoms with E-state index in [9.17, 15) is 13.6 Å². The van der Waals surface area contributed by atoms with Crippen LogP contribution in [0.15, 0.2) is 47.4 Å². The standard InChI is InChI=1S/C23H22F2N4O2/c1-12-5-16(29-11-26-20-8-18(24)19(25)9-21(20)29)7-17(12)13(2)23(30)28-15-4-3-14-10-27-31-22(14)6-15/h3-4,6,8-13,16-17H,5,7H2,1-2H3,(H,28,30). The van der Waals surface area contributed by atoms with Crippen LogP contribution in [0.1, 0.15) is 32.7 Å². The van der Waals surface area contributed by atoms with E-state index >= 15 is 0 Å². The summed E-state index contributed by atoms with van der Waals surface area (Å²) in [6.07, 6.45) is 4.88. The highest BCUT2D eigenvalue weighted by Crippen LogP contribution is 2.44. The molecule has 31 heavy (non-hydrogen) atoms. The van der Waals surface area contributed by atoms with Gasteiger partial charge in [0.05, 0.1) is 23.6 Å². The highest BCUT2D eigenvalue weighted by Gasteiger charge is 2.38. The summed E-state index contributed by atoms with van der Waals surface area (Å²) in [7, 11) is 0. The zero-order valence-corrected chi connectivity index (χ0v) is 17.2. The lowest BCUT2D eigenvalue weighted by Crippen LogP contribution is -2.28. The van der Waals surface area contributed by atoms with Crippen molar-refractivity contribution in [2.75, 3.05) is 5.32 Å². The summed E-state index contributed by atoms with van der Waals surface area (Å²) in [6, 6.07) is 7.85. The van der Waals surface area contributed by atoms with Crippen molar-refractivity contribution in [1.29, 1.82) is 0 Å². The second kappa shape index (κ2) is 7.44. The number of carbonyl (C=O) groups excluding carboxylic acids is 1. The van der Waals surface area contributed by atoms with E-state index in [-0.39, 0.29) is 23.8 Å². The molecule has 1 aliphatic rings. The molecule has 1 amide bonds. The molecule has 0 radical (unpaired) electrons. The van der Waals surface area contributed by atoms with Gasteiger partial charge >= 0.3 is 0 Å². The lowest BCUT2D eigenvalue weighted by molar-refractivity contribution is -0.121. The van der Waals surface area contributed by atoms with Crippen molar-refractivity contribution in [2.45, 2.75) is 32.7 Å². The van der Waals surface area contributed by atoms with Crippen LogP contribution in [0.3, 0.4) is 0 Å². The summed E-state index contributed by atoms with van der Waals surface area (Å²) >= 11 is 0. The fourth-order valence-electron chi connectivity index (χ4n) is 4.87. The van der Waals surface area contributed by atoms with Crippen LogP contribution in [0.25, 0.3) is 22.0 Å². The molecule has 2 aromatic heterocycles. The van der Waals surface area contributed by atoms with Crippen LogP contribution in [-0.2, 0) is 4.79 Å². The van der Waals surface area contributed by atoms with E-state index < -0.39 is 11.6 Å². The maximum absolute atomic E-state index is 13.8. The molecule has 4 unspecified atom stereocenters. The van der Waals surface area contributed by atoms with Crippen molar-refractivity contribution in [3.8, 4) is 0 Å². The van der Waals surface area contributed by atoms with Gasteiger partial charge in [0.1, 0.15) is 0 Å². The van der Waals surface area contributed by atoms with E-state index in [4.69, 9.17) is 4.52 Å². The summed E-state index contributed by atoms with van der Waals surface area (Å²) in [6.45, 7) is 4.07. The number of halogens is 2. The van der Waals surface area contributed by atoms with Gasteiger partial charge in [0, 0.05) is 41.2 Å². The van der Waals surface area contributed by atoms with Crippen molar-refractivity contribution in [3.63, 3.8) is 0 Å². The predicted molar refractivity (Wildman–Crippen MR) is 112 cm³/mol. The minimum absolute atomic E-state index is 0.0556. The number of nitrogens with one attached hydrogen (secondary N) is 1. The number of amides is 1. The van der Waals surface area contributed by atoms with Crippen LogP contribution in [0.2, 0.25) is 0 Å². The number of rotatable bonds is 4. The quantitative estimate of drug-likeness (QED) is 0.481. The summed E-state index contributed by atoms with van der Waals surface area (Å²) < 4.78 is 34.4. The van der Waals surface area contributed by atoms with Crippen LogP contribution < -0.4 is 5.32 Å². The zero-order valence-electron chi connectivity index (χ0n) is 17.2. The average molecular weight is 424 g/mol. The second-order valence-corrected chi connectivity index (χ2v) is 8.53. The van der Waals surface area contributed by atoms with Gasteiger partial charge in [-0.05, 0) is 36.8 Å². The fraction of sp³-hybridized carbons (Fsp3) is 0.348. The van der Waals surface area contributed by atoms with E-state index in [0.717, 1.165) is 24.3 Å². The number of imidazole rings is 1. The number of benzene rings is 2. The summed E-state index contributed by atoms with van der Waals surface area (Å²) in [5.41, 5.74) is 2.30. The normalized spacial score (nSPS) is 22.3. The van der Waals surface area contributed by atoms with Gasteiger partial charge in [-0.2, -0.15) is 0 Å². The number of fused-ring (bicyclic) bond motifs is 2. The van der Waals surface area contributed by atoms with Gasteiger partial charge in [-0.25, -0.2) is 13.8 Å². The molecule has 8 heteroatoms. The lowest BCUT2D eigenvalue weighted by Gasteiger charge is -2.22. The Labute approximate surface area is 177 Å². The molecular formula is C23H22F2N4O2. The monoisotopic (exact) mass is 424 g/mol. The summed E-state index contributed by atoms with van der Waals surface area (Å²) in [4.78, 5) is 17.2. The third-order valence-corrected chi connectivity index (χ3v) is 6.61. The van der Waals surface area contributed by atoms with Gasteiger partial charge in [0.2, 0.25) is 5.91 Å². The minimum atomic E-state index is -0.899. The Hall–Kier alpha value is -3.29. The van der Waals surface area contributed by atoms with Gasteiger partial charge in [-0.3, -0.25) is 4.79 Å². The molecule has 2 heterocycles. The Morgan fingerprint density at radius 2 is 2.03 bits per heavy atom. The topological polar surface area (TPSA) is 73.0 Å². The number of carbonyl (C=O) groups is 1. The number of aromatic nitrogens is 3. The van der Waals surface area contributed by atoms with Crippen molar-refractivity contribution in [1.82, 2.24) is 14.7 Å². The molecule has 0 aliphatic heterocycles. The Balaban J connectivity index is 1.32. The fourth-order valence-corrected chi connectivity index (χ4v) is 4.87. The van der Waals surface area contributed by atoms with Crippen LogP contribution >= 0.6 is 0 Å². The molecular weight excluding hydrogens is 402 g/mol. The Kier molecular flexibility index (Phi) is 4.72. The van der Waals surface area contributed by atoms with Gasteiger partial charge in [0.25, 0.3) is 0 Å². The Morgan fingerprint density at radius 1 is 1.23 bits per heavy atom. The smallest absolute Gasteiger partial charge is 0.227 e. The molecule has 1 aliphatic carbocycles. The first-order valence-corrected chi connectivity index (χ1v) is 10.4. The number of anilines is 1. The first-order valence-electron chi connectivity index (χ1n) is 10.4. The van der Waals surface area contributed by atoms with Crippen molar-refractivity contribution in [3.05, 3.63) is 54.5 Å². The highest BCUT2D eigenvalue weighted by atomic mass is 19.2. The molecule has 2 aromatic carbocycles. The number of hydrogen-bond donors (Lipinski definition) is 1. The molecule has 1 N–H and O–H groups in total. The first-order chi connectivity index (χ1) is 14.9. The molecule has 6 nitrogen and oxygen atoms in total. The number of nitrogens with zero attached hydrogens (tertiary/aromatic N) is 3. The van der Waals surface area contributed by atoms with Crippen molar-refractivity contribution >= 4 is 33.6 Å². The van der Waals surface area contributed by atoms with Crippen molar-refractivity contribution in [2.24, 2.45) is 17.8 Å². The SMILES string of the molecule is CC1CC(n2cnc3cc(F)c(F)cc32)CC1C(C)C(=O)Nc1ccc2cnoc2c1. The molecule has 4 aromatic rings.